The van der Waals surface area contributed by atoms with Crippen LogP contribution in [0.15, 0.2) is 24.3 Å². The van der Waals surface area contributed by atoms with Gasteiger partial charge in [0.1, 0.15) is 0 Å². The molecule has 1 unspecified atom stereocenters. The highest BCUT2D eigenvalue weighted by Gasteiger charge is 2.60. The molecule has 0 aromatic heterocycles. The van der Waals surface area contributed by atoms with Crippen molar-refractivity contribution < 1.29 is 22.6 Å². The van der Waals surface area contributed by atoms with Crippen LogP contribution in [0.2, 0.25) is 0 Å². The van der Waals surface area contributed by atoms with Gasteiger partial charge in [-0.05, 0) is 0 Å². The van der Waals surface area contributed by atoms with Crippen LogP contribution < -0.4 is 0 Å². The van der Waals surface area contributed by atoms with Crippen LogP contribution in [0.1, 0.15) is 20.7 Å². The fourth-order valence-electron chi connectivity index (χ4n) is 1.79. The highest BCUT2D eigenvalue weighted by molar-refractivity contribution is 7.88. The predicted molar refractivity (Wildman–Crippen MR) is 64.9 cm³/mol. The third-order valence-electron chi connectivity index (χ3n) is 2.65. The summed E-state index contributed by atoms with van der Waals surface area (Å²) in [5.74, 6) is -1.86. The maximum absolute atomic E-state index is 12.0. The molecule has 1 aliphatic rings. The van der Waals surface area contributed by atoms with Gasteiger partial charge in [0.2, 0.25) is 4.87 Å². The minimum Gasteiger partial charge on any atom is -0.292 e. The number of Topliss-reactive ketones (excluding diaryl/α,β-unsaturated/α-hetero) is 2. The van der Waals surface area contributed by atoms with E-state index in [9.17, 15) is 18.0 Å². The Hall–Kier alpha value is -0.950. The topological polar surface area (TPSA) is 88.5 Å². The summed E-state index contributed by atoms with van der Waals surface area (Å²) in [6.45, 7) is 0. The van der Waals surface area contributed by atoms with Crippen molar-refractivity contribution in [3.63, 3.8) is 0 Å². The summed E-state index contributed by atoms with van der Waals surface area (Å²) in [5, 5.41) is 0. The number of halogens is 2. The van der Waals surface area contributed by atoms with E-state index in [1.54, 1.807) is 0 Å². The molecule has 96 valence electrons. The number of fused-ring (bicyclic) bond motifs is 1. The summed E-state index contributed by atoms with van der Waals surface area (Å²) in [6.07, 6.45) is 0. The second kappa shape index (κ2) is 4.03. The van der Waals surface area contributed by atoms with Crippen molar-refractivity contribution in [3.05, 3.63) is 35.4 Å². The first-order valence-corrected chi connectivity index (χ1v) is 7.00. The minimum atomic E-state index is -4.84. The van der Waals surface area contributed by atoms with Crippen molar-refractivity contribution in [1.29, 1.82) is 0 Å². The van der Waals surface area contributed by atoms with Crippen LogP contribution in [0.5, 0.6) is 0 Å². The molecule has 2 rings (SSSR count). The normalized spacial score (nSPS) is 19.7. The molecule has 0 heterocycles. The van der Waals surface area contributed by atoms with Gasteiger partial charge < -0.3 is 0 Å². The smallest absolute Gasteiger partial charge is 0.284 e. The zero-order valence-corrected chi connectivity index (χ0v) is 11.0. The maximum Gasteiger partial charge on any atom is 0.284 e. The van der Waals surface area contributed by atoms with Gasteiger partial charge >= 0.3 is 0 Å². The van der Waals surface area contributed by atoms with E-state index in [0.717, 1.165) is 0 Å². The van der Waals surface area contributed by atoms with E-state index in [4.69, 9.17) is 27.8 Å². The highest BCUT2D eigenvalue weighted by atomic mass is 35.5. The van der Waals surface area contributed by atoms with Gasteiger partial charge in [0, 0.05) is 11.1 Å². The first-order valence-electron chi connectivity index (χ1n) is 4.68. The van der Waals surface area contributed by atoms with E-state index in [0.29, 0.717) is 0 Å². The monoisotopic (exact) mass is 308 g/mol. The molecule has 5 nitrogen and oxygen atoms in total. The first kappa shape index (κ1) is 13.5. The second-order valence-electron chi connectivity index (χ2n) is 3.75. The van der Waals surface area contributed by atoms with Crippen LogP contribution in [0.25, 0.3) is 0 Å². The third-order valence-corrected chi connectivity index (χ3v) is 5.33. The number of rotatable bonds is 2. The number of hydrogen-bond donors (Lipinski definition) is 1. The summed E-state index contributed by atoms with van der Waals surface area (Å²) in [7, 11) is -4.84. The van der Waals surface area contributed by atoms with Crippen LogP contribution in [-0.4, -0.2) is 34.1 Å². The van der Waals surface area contributed by atoms with Crippen LogP contribution in [0.4, 0.5) is 0 Å². The molecule has 0 saturated heterocycles. The molecule has 0 bridgehead atoms. The van der Waals surface area contributed by atoms with Crippen LogP contribution in [-0.2, 0) is 10.1 Å². The molecule has 0 fully saturated rings. The molecule has 0 amide bonds. The lowest BCUT2D eigenvalue weighted by atomic mass is 10.1. The van der Waals surface area contributed by atoms with Crippen molar-refractivity contribution >= 4 is 44.9 Å². The van der Waals surface area contributed by atoms with E-state index >= 15 is 0 Å². The molecule has 0 radical (unpaired) electrons. The Labute approximate surface area is 112 Å². The van der Waals surface area contributed by atoms with Gasteiger partial charge in [-0.3, -0.25) is 14.1 Å². The standard InChI is InChI=1S/C10H6Cl2O5S/c11-9(18(15,16)17)10(12)7(13)5-3-1-2-4-6(5)8(10)14/h1-4,9H,(H,15,16,17). The van der Waals surface area contributed by atoms with Crippen LogP contribution in [0.3, 0.4) is 0 Å². The fourth-order valence-corrected chi connectivity index (χ4v) is 3.15. The van der Waals surface area contributed by atoms with E-state index in [-0.39, 0.29) is 11.1 Å². The lowest BCUT2D eigenvalue weighted by molar-refractivity contribution is 0.0867. The SMILES string of the molecule is O=C1c2ccccc2C(=O)C1(Cl)C(Cl)S(=O)(=O)O. The molecule has 8 heteroatoms. The van der Waals surface area contributed by atoms with Gasteiger partial charge in [-0.15, -0.1) is 0 Å². The molecule has 0 saturated carbocycles. The predicted octanol–water partition coefficient (Wildman–Crippen LogP) is 1.50. The molecule has 1 atom stereocenters. The zero-order valence-electron chi connectivity index (χ0n) is 8.63. The van der Waals surface area contributed by atoms with Gasteiger partial charge in [0.25, 0.3) is 10.1 Å². The van der Waals surface area contributed by atoms with Gasteiger partial charge in [0.05, 0.1) is 0 Å². The Bertz CT molecular complexity index is 617. The van der Waals surface area contributed by atoms with Crippen LogP contribution >= 0.6 is 23.2 Å². The van der Waals surface area contributed by atoms with E-state index in [2.05, 4.69) is 0 Å². The number of alkyl halides is 2. The van der Waals surface area contributed by atoms with Gasteiger partial charge in [-0.2, -0.15) is 8.42 Å². The van der Waals surface area contributed by atoms with E-state index in [1.807, 2.05) is 0 Å². The molecule has 1 aromatic carbocycles. The molecule has 0 aliphatic heterocycles. The summed E-state index contributed by atoms with van der Waals surface area (Å²) in [4.78, 5) is 21.5. The lowest BCUT2D eigenvalue weighted by Crippen LogP contribution is -2.47. The average molecular weight is 309 g/mol. The molecule has 0 spiro atoms. The number of ketones is 2. The largest absolute Gasteiger partial charge is 0.292 e. The van der Waals surface area contributed by atoms with Crippen molar-refractivity contribution in [1.82, 2.24) is 0 Å². The Morgan fingerprint density at radius 1 is 1.11 bits per heavy atom. The molecule has 1 aliphatic carbocycles. The Balaban J connectivity index is 2.64. The van der Waals surface area contributed by atoms with Crippen molar-refractivity contribution in [2.75, 3.05) is 0 Å². The number of benzene rings is 1. The van der Waals surface area contributed by atoms with Gasteiger partial charge in [0.15, 0.2) is 16.3 Å². The minimum absolute atomic E-state index is 0.00759. The third kappa shape index (κ3) is 1.68. The number of carbonyl (C=O) groups excluding carboxylic acids is 2. The lowest BCUT2D eigenvalue weighted by Gasteiger charge is -2.20. The summed E-state index contributed by atoms with van der Waals surface area (Å²) in [5.41, 5.74) is -0.0152. The summed E-state index contributed by atoms with van der Waals surface area (Å²) in [6, 6.07) is 5.69. The van der Waals surface area contributed by atoms with Crippen molar-refractivity contribution in [2.45, 2.75) is 9.58 Å². The number of hydrogen-bond acceptors (Lipinski definition) is 4. The van der Waals surface area contributed by atoms with Gasteiger partial charge in [-0.1, -0.05) is 47.5 Å². The molecule has 18 heavy (non-hydrogen) atoms. The van der Waals surface area contributed by atoms with E-state index in [1.165, 1.54) is 24.3 Å². The zero-order chi connectivity index (χ0) is 13.7. The molecule has 1 N–H and O–H groups in total. The van der Waals surface area contributed by atoms with E-state index < -0.39 is 31.3 Å². The summed E-state index contributed by atoms with van der Waals surface area (Å²) >= 11 is 11.3. The summed E-state index contributed by atoms with van der Waals surface area (Å²) < 4.78 is 28.6. The Morgan fingerprint density at radius 3 is 1.83 bits per heavy atom. The highest BCUT2D eigenvalue weighted by Crippen LogP contribution is 2.41. The fraction of sp³-hybridized carbons (Fsp3) is 0.200. The Kier molecular flexibility index (Phi) is 3.02. The Morgan fingerprint density at radius 2 is 1.50 bits per heavy atom. The molecular formula is C10H6Cl2O5S. The number of carbonyl (C=O) groups is 2. The van der Waals surface area contributed by atoms with Gasteiger partial charge in [-0.25, -0.2) is 0 Å². The average Bonchev–Trinajstić information content (AvgIpc) is 2.51. The van der Waals surface area contributed by atoms with Crippen molar-refractivity contribution in [2.24, 2.45) is 0 Å². The quantitative estimate of drug-likeness (QED) is 0.508. The first-order chi connectivity index (χ1) is 8.20. The van der Waals surface area contributed by atoms with Crippen molar-refractivity contribution in [3.8, 4) is 0 Å². The molecular weight excluding hydrogens is 303 g/mol. The van der Waals surface area contributed by atoms with Crippen LogP contribution in [0, 0.1) is 0 Å². The maximum atomic E-state index is 12.0. The second-order valence-corrected chi connectivity index (χ2v) is 6.54. The molecule has 1 aromatic rings.